The summed E-state index contributed by atoms with van der Waals surface area (Å²) in [5, 5.41) is 8.76. The third kappa shape index (κ3) is 5.12. The summed E-state index contributed by atoms with van der Waals surface area (Å²) < 4.78 is 0. The van der Waals surface area contributed by atoms with Gasteiger partial charge in [0.05, 0.1) is 6.54 Å². The first-order chi connectivity index (χ1) is 11.5. The van der Waals surface area contributed by atoms with Crippen LogP contribution >= 0.6 is 0 Å². The van der Waals surface area contributed by atoms with Crippen LogP contribution in [0.5, 0.6) is 0 Å². The summed E-state index contributed by atoms with van der Waals surface area (Å²) in [4.78, 5) is 23.2. The van der Waals surface area contributed by atoms with Crippen LogP contribution < -0.4 is 16.0 Å². The van der Waals surface area contributed by atoms with Gasteiger partial charge in [0.1, 0.15) is 0 Å². The summed E-state index contributed by atoms with van der Waals surface area (Å²) in [5.41, 5.74) is 4.73. The Balaban J connectivity index is 1.87. The Labute approximate surface area is 142 Å². The van der Waals surface area contributed by atoms with Crippen molar-refractivity contribution >= 4 is 23.2 Å². The summed E-state index contributed by atoms with van der Waals surface area (Å²) in [6, 6.07) is 13.6. The van der Waals surface area contributed by atoms with Crippen molar-refractivity contribution in [3.05, 3.63) is 59.2 Å². The van der Waals surface area contributed by atoms with Gasteiger partial charge < -0.3 is 16.0 Å². The fourth-order valence-electron chi connectivity index (χ4n) is 2.30. The van der Waals surface area contributed by atoms with Gasteiger partial charge in [-0.2, -0.15) is 0 Å². The van der Waals surface area contributed by atoms with E-state index in [1.54, 1.807) is 0 Å². The van der Waals surface area contributed by atoms with Crippen LogP contribution in [0.4, 0.5) is 11.4 Å². The first-order valence-electron chi connectivity index (χ1n) is 7.89. The Kier molecular flexibility index (Phi) is 5.95. The van der Waals surface area contributed by atoms with Crippen molar-refractivity contribution in [3.63, 3.8) is 0 Å². The lowest BCUT2D eigenvalue weighted by molar-refractivity contribution is -0.119. The maximum absolute atomic E-state index is 12.0. The molecule has 0 bridgehead atoms. The van der Waals surface area contributed by atoms with Gasteiger partial charge >= 0.3 is 0 Å². The van der Waals surface area contributed by atoms with E-state index in [1.807, 2.05) is 56.3 Å². The molecule has 0 aliphatic heterocycles. The number of aryl methyl sites for hydroxylation is 1. The quantitative estimate of drug-likeness (QED) is 0.764. The summed E-state index contributed by atoms with van der Waals surface area (Å²) in [6.45, 7) is 6.08. The second kappa shape index (κ2) is 8.15. The molecule has 5 nitrogen and oxygen atoms in total. The van der Waals surface area contributed by atoms with Crippen molar-refractivity contribution in [3.8, 4) is 0 Å². The van der Waals surface area contributed by atoms with Crippen molar-refractivity contribution in [1.29, 1.82) is 0 Å². The van der Waals surface area contributed by atoms with E-state index in [1.165, 1.54) is 12.5 Å². The van der Waals surface area contributed by atoms with Crippen molar-refractivity contribution in [2.45, 2.75) is 27.3 Å². The summed E-state index contributed by atoms with van der Waals surface area (Å²) in [7, 11) is 0. The number of hydrogen-bond donors (Lipinski definition) is 3. The molecule has 2 amide bonds. The highest BCUT2D eigenvalue weighted by molar-refractivity contribution is 5.91. The van der Waals surface area contributed by atoms with Crippen LogP contribution in [0.3, 0.4) is 0 Å². The van der Waals surface area contributed by atoms with Crippen LogP contribution in [0.2, 0.25) is 0 Å². The Morgan fingerprint density at radius 2 is 1.62 bits per heavy atom. The average Bonchev–Trinajstić information content (AvgIpc) is 2.55. The Hall–Kier alpha value is -2.82. The van der Waals surface area contributed by atoms with E-state index in [0.29, 0.717) is 6.54 Å². The van der Waals surface area contributed by atoms with Crippen LogP contribution in [0, 0.1) is 13.8 Å². The van der Waals surface area contributed by atoms with Crippen molar-refractivity contribution in [2.75, 3.05) is 17.2 Å². The lowest BCUT2D eigenvalue weighted by atomic mass is 10.1. The molecule has 0 atom stereocenters. The molecule has 0 aliphatic carbocycles. The average molecular weight is 325 g/mol. The zero-order chi connectivity index (χ0) is 17.5. The number of benzene rings is 2. The van der Waals surface area contributed by atoms with Gasteiger partial charge in [-0.15, -0.1) is 0 Å². The van der Waals surface area contributed by atoms with Gasteiger partial charge in [0, 0.05) is 24.8 Å². The first kappa shape index (κ1) is 17.5. The molecular formula is C19H23N3O2. The van der Waals surface area contributed by atoms with Crippen LogP contribution in [-0.4, -0.2) is 18.4 Å². The first-order valence-corrected chi connectivity index (χ1v) is 7.89. The molecule has 0 unspecified atom stereocenters. The van der Waals surface area contributed by atoms with Gasteiger partial charge in [-0.25, -0.2) is 0 Å². The number of carbonyl (C=O) groups excluding carboxylic acids is 2. The molecule has 2 rings (SSSR count). The van der Waals surface area contributed by atoms with Crippen LogP contribution in [0.1, 0.15) is 23.6 Å². The number of carbonyl (C=O) groups is 2. The normalized spacial score (nSPS) is 10.1. The summed E-state index contributed by atoms with van der Waals surface area (Å²) in [5.74, 6) is -0.203. The highest BCUT2D eigenvalue weighted by atomic mass is 16.2. The summed E-state index contributed by atoms with van der Waals surface area (Å²) >= 11 is 0. The lowest BCUT2D eigenvalue weighted by Gasteiger charge is -2.13. The fraction of sp³-hybridized carbons (Fsp3) is 0.263. The van der Waals surface area contributed by atoms with E-state index in [2.05, 4.69) is 16.0 Å². The number of hydrogen-bond acceptors (Lipinski definition) is 3. The van der Waals surface area contributed by atoms with Gasteiger partial charge in [-0.3, -0.25) is 9.59 Å². The van der Waals surface area contributed by atoms with Crippen LogP contribution in [0.25, 0.3) is 0 Å². The minimum absolute atomic E-state index is 0.0834. The van der Waals surface area contributed by atoms with E-state index in [4.69, 9.17) is 0 Å². The molecule has 0 radical (unpaired) electrons. The van der Waals surface area contributed by atoms with Crippen molar-refractivity contribution in [1.82, 2.24) is 5.32 Å². The van der Waals surface area contributed by atoms with E-state index in [-0.39, 0.29) is 18.4 Å². The zero-order valence-corrected chi connectivity index (χ0v) is 14.3. The molecule has 2 aromatic carbocycles. The Morgan fingerprint density at radius 1 is 0.958 bits per heavy atom. The van der Waals surface area contributed by atoms with E-state index in [0.717, 1.165) is 22.5 Å². The van der Waals surface area contributed by atoms with Crippen molar-refractivity contribution < 1.29 is 9.59 Å². The van der Waals surface area contributed by atoms with Gasteiger partial charge in [-0.05, 0) is 37.1 Å². The highest BCUT2D eigenvalue weighted by Crippen LogP contribution is 2.23. The second-order valence-electron chi connectivity index (χ2n) is 5.78. The molecule has 0 aromatic heterocycles. The van der Waals surface area contributed by atoms with E-state index in [9.17, 15) is 9.59 Å². The second-order valence-corrected chi connectivity index (χ2v) is 5.78. The molecule has 3 N–H and O–H groups in total. The molecular weight excluding hydrogens is 302 g/mol. The van der Waals surface area contributed by atoms with Gasteiger partial charge in [0.2, 0.25) is 11.8 Å². The van der Waals surface area contributed by atoms with Crippen LogP contribution in [-0.2, 0) is 16.1 Å². The molecule has 0 fully saturated rings. The standard InChI is InChI=1S/C19H23N3O2/c1-13-7-9-16(10-8-13)11-21-19(24)12-20-17-5-4-6-18(14(17)2)22-15(3)23/h4-10,20H,11-12H2,1-3H3,(H,21,24)(H,22,23). The maximum atomic E-state index is 12.0. The molecule has 24 heavy (non-hydrogen) atoms. The molecule has 0 spiro atoms. The monoisotopic (exact) mass is 325 g/mol. The molecule has 0 saturated carbocycles. The topological polar surface area (TPSA) is 70.2 Å². The molecule has 0 saturated heterocycles. The SMILES string of the molecule is CC(=O)Nc1cccc(NCC(=O)NCc2ccc(C)cc2)c1C. The Bertz CT molecular complexity index is 724. The number of anilines is 2. The molecule has 0 heterocycles. The summed E-state index contributed by atoms with van der Waals surface area (Å²) in [6.07, 6.45) is 0. The van der Waals surface area contributed by atoms with E-state index >= 15 is 0 Å². The third-order valence-corrected chi connectivity index (χ3v) is 3.69. The molecule has 126 valence electrons. The molecule has 0 aliphatic rings. The van der Waals surface area contributed by atoms with Gasteiger partial charge in [0.25, 0.3) is 0 Å². The third-order valence-electron chi connectivity index (χ3n) is 3.69. The maximum Gasteiger partial charge on any atom is 0.239 e. The Morgan fingerprint density at radius 3 is 2.29 bits per heavy atom. The molecule has 2 aromatic rings. The minimum Gasteiger partial charge on any atom is -0.376 e. The fourth-order valence-corrected chi connectivity index (χ4v) is 2.30. The predicted octanol–water partition coefficient (Wildman–Crippen LogP) is 2.99. The number of amides is 2. The minimum atomic E-state index is -0.119. The van der Waals surface area contributed by atoms with Gasteiger partial charge in [-0.1, -0.05) is 35.9 Å². The predicted molar refractivity (Wildman–Crippen MR) is 97.0 cm³/mol. The van der Waals surface area contributed by atoms with Crippen LogP contribution in [0.15, 0.2) is 42.5 Å². The van der Waals surface area contributed by atoms with Crippen molar-refractivity contribution in [2.24, 2.45) is 0 Å². The smallest absolute Gasteiger partial charge is 0.239 e. The van der Waals surface area contributed by atoms with E-state index < -0.39 is 0 Å². The van der Waals surface area contributed by atoms with Gasteiger partial charge in [0.15, 0.2) is 0 Å². The number of rotatable bonds is 6. The lowest BCUT2D eigenvalue weighted by Crippen LogP contribution is -2.29. The molecule has 5 heteroatoms. The number of nitrogens with one attached hydrogen (secondary N) is 3. The largest absolute Gasteiger partial charge is 0.376 e. The zero-order valence-electron chi connectivity index (χ0n) is 14.3. The highest BCUT2D eigenvalue weighted by Gasteiger charge is 2.07.